The second-order valence-corrected chi connectivity index (χ2v) is 8.47. The zero-order valence-electron chi connectivity index (χ0n) is 18.6. The molecule has 11 heteroatoms. The quantitative estimate of drug-likeness (QED) is 0.283. The number of guanidine groups is 1. The van der Waals surface area contributed by atoms with Gasteiger partial charge in [0.1, 0.15) is 5.82 Å². The van der Waals surface area contributed by atoms with E-state index in [0.29, 0.717) is 16.4 Å². The van der Waals surface area contributed by atoms with Crippen LogP contribution in [-0.2, 0) is 0 Å². The summed E-state index contributed by atoms with van der Waals surface area (Å²) in [6.07, 6.45) is 3.98. The number of hydrogen-bond donors (Lipinski definition) is 4. The van der Waals surface area contributed by atoms with Gasteiger partial charge >= 0.3 is 0 Å². The molecule has 1 amide bonds. The minimum atomic E-state index is -0.310. The van der Waals surface area contributed by atoms with E-state index in [-0.39, 0.29) is 54.7 Å². The van der Waals surface area contributed by atoms with Gasteiger partial charge in [0.2, 0.25) is 5.95 Å². The zero-order valence-corrected chi connectivity index (χ0v) is 21.0. The summed E-state index contributed by atoms with van der Waals surface area (Å²) in [6.45, 7) is 2.02. The third-order valence-electron chi connectivity index (χ3n) is 5.55. The zero-order chi connectivity index (χ0) is 22.7. The molecule has 0 spiro atoms. The highest BCUT2D eigenvalue weighted by molar-refractivity contribution is 6.30. The largest absolute Gasteiger partial charge is 0.370 e. The monoisotopic (exact) mass is 523 g/mol. The molecule has 8 nitrogen and oxygen atoms in total. The Balaban J connectivity index is 0.00000204. The Hall–Kier alpha value is -2.81. The van der Waals surface area contributed by atoms with E-state index < -0.39 is 0 Å². The Morgan fingerprint density at radius 3 is 2.47 bits per heavy atom. The molecule has 0 radical (unpaired) electrons. The number of benzene rings is 2. The molecular formula is C23H28Cl3N7O. The van der Waals surface area contributed by atoms with Gasteiger partial charge in [-0.15, -0.1) is 24.8 Å². The molecule has 4 rings (SSSR count). The van der Waals surface area contributed by atoms with Crippen LogP contribution >= 0.6 is 36.4 Å². The lowest BCUT2D eigenvalue weighted by atomic mass is 9.90. The van der Waals surface area contributed by atoms with Crippen LogP contribution in [0, 0.1) is 6.92 Å². The van der Waals surface area contributed by atoms with Crippen molar-refractivity contribution in [3.05, 3.63) is 58.6 Å². The van der Waals surface area contributed by atoms with Gasteiger partial charge in [0.05, 0.1) is 17.6 Å². The van der Waals surface area contributed by atoms with Gasteiger partial charge in [-0.2, -0.15) is 4.98 Å². The van der Waals surface area contributed by atoms with Crippen molar-refractivity contribution in [2.45, 2.75) is 44.7 Å². The molecule has 1 heterocycles. The minimum Gasteiger partial charge on any atom is -0.370 e. The number of anilines is 2. The van der Waals surface area contributed by atoms with E-state index in [9.17, 15) is 4.79 Å². The van der Waals surface area contributed by atoms with E-state index >= 15 is 0 Å². The van der Waals surface area contributed by atoms with Gasteiger partial charge in [0, 0.05) is 16.0 Å². The van der Waals surface area contributed by atoms with Crippen molar-refractivity contribution in [1.82, 2.24) is 9.97 Å². The molecular weight excluding hydrogens is 497 g/mol. The predicted octanol–water partition coefficient (Wildman–Crippen LogP) is 4.68. The molecule has 1 saturated carbocycles. The fourth-order valence-electron chi connectivity index (χ4n) is 3.98. The Labute approximate surface area is 215 Å². The maximum Gasteiger partial charge on any atom is 0.258 e. The average molecular weight is 525 g/mol. The van der Waals surface area contributed by atoms with Crippen LogP contribution in [0.2, 0.25) is 5.02 Å². The molecule has 0 aliphatic heterocycles. The molecule has 34 heavy (non-hydrogen) atoms. The fourth-order valence-corrected chi connectivity index (χ4v) is 4.11. The number of nitrogens with one attached hydrogen (secondary N) is 2. The normalized spacial score (nSPS) is 17.1. The molecule has 2 unspecified atom stereocenters. The Kier molecular flexibility index (Phi) is 9.73. The summed E-state index contributed by atoms with van der Waals surface area (Å²) in [5.74, 6) is 0.643. The van der Waals surface area contributed by atoms with Crippen LogP contribution in [-0.4, -0.2) is 33.9 Å². The van der Waals surface area contributed by atoms with Crippen molar-refractivity contribution in [1.29, 1.82) is 0 Å². The second kappa shape index (κ2) is 12.1. The van der Waals surface area contributed by atoms with E-state index in [0.717, 1.165) is 42.1 Å². The molecule has 0 saturated heterocycles. The van der Waals surface area contributed by atoms with Crippen LogP contribution in [0.3, 0.4) is 0 Å². The van der Waals surface area contributed by atoms with Gasteiger partial charge in [-0.05, 0) is 56.2 Å². The van der Waals surface area contributed by atoms with E-state index in [2.05, 4.69) is 25.6 Å². The first-order chi connectivity index (χ1) is 15.4. The number of carbonyl (C=O) groups excluding carboxylic acids is 1. The number of nitrogens with two attached hydrogens (primary N) is 2. The maximum atomic E-state index is 12.7. The van der Waals surface area contributed by atoms with E-state index in [4.69, 9.17) is 23.1 Å². The van der Waals surface area contributed by atoms with Crippen molar-refractivity contribution < 1.29 is 4.79 Å². The fraction of sp³-hybridized carbons (Fsp3) is 0.304. The van der Waals surface area contributed by atoms with Crippen molar-refractivity contribution in [3.63, 3.8) is 0 Å². The summed E-state index contributed by atoms with van der Waals surface area (Å²) in [5, 5.41) is 7.76. The molecule has 0 bridgehead atoms. The molecule has 2 atom stereocenters. The lowest BCUT2D eigenvalue weighted by Crippen LogP contribution is -2.38. The molecule has 3 aromatic rings. The number of nitrogens with zero attached hydrogens (tertiary/aromatic N) is 3. The van der Waals surface area contributed by atoms with Crippen LogP contribution in [0.15, 0.2) is 47.5 Å². The maximum absolute atomic E-state index is 12.7. The van der Waals surface area contributed by atoms with Crippen molar-refractivity contribution in [2.75, 3.05) is 10.6 Å². The Morgan fingerprint density at radius 2 is 1.76 bits per heavy atom. The van der Waals surface area contributed by atoms with Gasteiger partial charge < -0.3 is 16.8 Å². The van der Waals surface area contributed by atoms with Gasteiger partial charge in [-0.3, -0.25) is 10.1 Å². The lowest BCUT2D eigenvalue weighted by Gasteiger charge is -2.30. The number of halogens is 3. The summed E-state index contributed by atoms with van der Waals surface area (Å²) in [7, 11) is 0. The Bertz CT molecular complexity index is 1170. The minimum absolute atomic E-state index is 0. The first-order valence-electron chi connectivity index (χ1n) is 10.6. The molecule has 1 aliphatic carbocycles. The van der Waals surface area contributed by atoms with Crippen LogP contribution in [0.4, 0.5) is 11.8 Å². The van der Waals surface area contributed by atoms with Gasteiger partial charge in [-0.1, -0.05) is 36.1 Å². The number of rotatable bonds is 5. The summed E-state index contributed by atoms with van der Waals surface area (Å²) in [4.78, 5) is 26.3. The third-order valence-corrected chi connectivity index (χ3v) is 5.80. The number of amides is 1. The predicted molar refractivity (Wildman–Crippen MR) is 144 cm³/mol. The highest BCUT2D eigenvalue weighted by Gasteiger charge is 2.26. The number of aliphatic imine (C=N–C) groups is 1. The van der Waals surface area contributed by atoms with E-state index in [1.807, 2.05) is 25.1 Å². The van der Waals surface area contributed by atoms with Crippen LogP contribution in [0.25, 0.3) is 10.9 Å². The average Bonchev–Trinajstić information content (AvgIpc) is 2.75. The van der Waals surface area contributed by atoms with Crippen LogP contribution in [0.5, 0.6) is 0 Å². The molecule has 1 fully saturated rings. The first kappa shape index (κ1) is 27.4. The molecule has 182 valence electrons. The van der Waals surface area contributed by atoms with Crippen molar-refractivity contribution in [3.8, 4) is 0 Å². The first-order valence-corrected chi connectivity index (χ1v) is 11.0. The number of aromatic nitrogens is 2. The van der Waals surface area contributed by atoms with E-state index in [1.54, 1.807) is 24.3 Å². The topological polar surface area (TPSA) is 131 Å². The van der Waals surface area contributed by atoms with Crippen molar-refractivity contribution in [2.24, 2.45) is 16.5 Å². The smallest absolute Gasteiger partial charge is 0.258 e. The number of hydrogen-bond acceptors (Lipinski definition) is 5. The standard InChI is InChI=1S/C23H26ClN7O.2ClH/c1-13-6-11-17-16(12-13)20(27-18-4-2-3-5-19(18)28-22(25)26)30-23(29-17)31-21(32)14-7-9-15(24)10-8-14;;/h6-12,18-19H,2-5H2,1H3,(H4,25,26,28)(H2,27,29,30,31,32);2*1H. The van der Waals surface area contributed by atoms with Gasteiger partial charge in [0.15, 0.2) is 5.96 Å². The molecule has 2 aromatic carbocycles. The summed E-state index contributed by atoms with van der Waals surface area (Å²) >= 11 is 5.92. The van der Waals surface area contributed by atoms with Crippen LogP contribution in [0.1, 0.15) is 41.6 Å². The highest BCUT2D eigenvalue weighted by atomic mass is 35.5. The Morgan fingerprint density at radius 1 is 1.06 bits per heavy atom. The molecule has 6 N–H and O–H groups in total. The van der Waals surface area contributed by atoms with Crippen molar-refractivity contribution >= 4 is 71.0 Å². The number of fused-ring (bicyclic) bond motifs is 1. The highest BCUT2D eigenvalue weighted by Crippen LogP contribution is 2.29. The SMILES string of the molecule is Cc1ccc2nc(NC(=O)c3ccc(Cl)cc3)nc(NC3CCCCC3N=C(N)N)c2c1.Cl.Cl. The van der Waals surface area contributed by atoms with E-state index in [1.165, 1.54) is 0 Å². The second-order valence-electron chi connectivity index (χ2n) is 8.03. The number of carbonyl (C=O) groups is 1. The lowest BCUT2D eigenvalue weighted by molar-refractivity contribution is 0.102. The summed E-state index contributed by atoms with van der Waals surface area (Å²) in [6, 6.07) is 12.6. The molecule has 1 aliphatic rings. The van der Waals surface area contributed by atoms with Crippen LogP contribution < -0.4 is 22.1 Å². The molecule has 1 aromatic heterocycles. The van der Waals surface area contributed by atoms with Gasteiger partial charge in [0.25, 0.3) is 5.91 Å². The summed E-state index contributed by atoms with van der Waals surface area (Å²) in [5.41, 5.74) is 13.6. The van der Waals surface area contributed by atoms with Gasteiger partial charge in [-0.25, -0.2) is 9.98 Å². The summed E-state index contributed by atoms with van der Waals surface area (Å²) < 4.78 is 0. The third kappa shape index (κ3) is 6.62. The number of aryl methyl sites for hydroxylation is 1.